The molecule has 1 atom stereocenters. The van der Waals surface area contributed by atoms with E-state index < -0.39 is 0 Å². The van der Waals surface area contributed by atoms with Crippen LogP contribution in [-0.2, 0) is 27.9 Å². The van der Waals surface area contributed by atoms with Gasteiger partial charge in [-0.05, 0) is 35.7 Å². The zero-order valence-corrected chi connectivity index (χ0v) is 17.1. The molecule has 2 amide bonds. The number of anilines is 2. The first-order chi connectivity index (χ1) is 15.0. The third-order valence-corrected chi connectivity index (χ3v) is 5.08. The van der Waals surface area contributed by atoms with Crippen molar-refractivity contribution in [3.8, 4) is 0 Å². The third-order valence-electron chi connectivity index (χ3n) is 5.08. The standard InChI is InChI=1S/C22H22N4O2.CH2O2/c1-26-20(11-12-23-26)18-14-22(28)25-19-13-16(8-9-17(18)19)24-21(27)10-7-15-5-3-2-4-6-15;2-1-3/h2-6,8-9,11-13,18H,7,10,14H2,1H3,(H,24,27)(H,25,28);1H,(H,2,3). The molecule has 1 aromatic heterocycles. The third kappa shape index (κ3) is 5.57. The number of hydrogen-bond donors (Lipinski definition) is 3. The minimum absolute atomic E-state index is 0.0359. The van der Waals surface area contributed by atoms with Crippen LogP contribution >= 0.6 is 0 Å². The Bertz CT molecular complexity index is 1060. The van der Waals surface area contributed by atoms with E-state index in [1.54, 1.807) is 10.9 Å². The maximum Gasteiger partial charge on any atom is 0.290 e. The maximum atomic E-state index is 12.3. The van der Waals surface area contributed by atoms with E-state index in [0.717, 1.165) is 22.5 Å². The number of aromatic nitrogens is 2. The van der Waals surface area contributed by atoms with Crippen molar-refractivity contribution in [3.05, 3.63) is 77.6 Å². The van der Waals surface area contributed by atoms with E-state index in [9.17, 15) is 9.59 Å². The second-order valence-corrected chi connectivity index (χ2v) is 7.13. The van der Waals surface area contributed by atoms with Gasteiger partial charge in [0.1, 0.15) is 0 Å². The van der Waals surface area contributed by atoms with Crippen LogP contribution in [0.5, 0.6) is 0 Å². The normalized spacial score (nSPS) is 14.5. The molecule has 3 aromatic rings. The highest BCUT2D eigenvalue weighted by Gasteiger charge is 2.28. The van der Waals surface area contributed by atoms with Gasteiger partial charge < -0.3 is 15.7 Å². The Kier molecular flexibility index (Phi) is 7.16. The molecule has 4 rings (SSSR count). The molecule has 0 saturated heterocycles. The van der Waals surface area contributed by atoms with E-state index in [1.165, 1.54) is 0 Å². The fourth-order valence-electron chi connectivity index (χ4n) is 3.66. The van der Waals surface area contributed by atoms with Crippen LogP contribution in [0.25, 0.3) is 0 Å². The lowest BCUT2D eigenvalue weighted by molar-refractivity contribution is -0.123. The number of nitrogens with zero attached hydrogens (tertiary/aromatic N) is 2. The number of fused-ring (bicyclic) bond motifs is 1. The summed E-state index contributed by atoms with van der Waals surface area (Å²) < 4.78 is 1.80. The van der Waals surface area contributed by atoms with E-state index in [-0.39, 0.29) is 24.2 Å². The first-order valence-electron chi connectivity index (χ1n) is 9.85. The monoisotopic (exact) mass is 420 g/mol. The Labute approximate surface area is 179 Å². The van der Waals surface area contributed by atoms with Gasteiger partial charge in [0, 0.05) is 49.1 Å². The molecule has 8 heteroatoms. The number of aryl methyl sites for hydroxylation is 2. The largest absolute Gasteiger partial charge is 0.483 e. The van der Waals surface area contributed by atoms with Crippen molar-refractivity contribution in [1.29, 1.82) is 0 Å². The second kappa shape index (κ2) is 10.2. The van der Waals surface area contributed by atoms with E-state index >= 15 is 0 Å². The summed E-state index contributed by atoms with van der Waals surface area (Å²) in [5.41, 5.74) is 4.58. The van der Waals surface area contributed by atoms with Gasteiger partial charge in [-0.2, -0.15) is 5.10 Å². The van der Waals surface area contributed by atoms with Crippen molar-refractivity contribution < 1.29 is 19.5 Å². The summed E-state index contributed by atoms with van der Waals surface area (Å²) >= 11 is 0. The Morgan fingerprint density at radius 3 is 2.68 bits per heavy atom. The summed E-state index contributed by atoms with van der Waals surface area (Å²) in [6, 6.07) is 17.6. The van der Waals surface area contributed by atoms with Gasteiger partial charge in [-0.15, -0.1) is 0 Å². The van der Waals surface area contributed by atoms with Gasteiger partial charge in [-0.25, -0.2) is 0 Å². The number of carbonyl (C=O) groups excluding carboxylic acids is 2. The predicted octanol–water partition coefficient (Wildman–Crippen LogP) is 3.17. The Morgan fingerprint density at radius 2 is 2.00 bits per heavy atom. The van der Waals surface area contributed by atoms with Crippen molar-refractivity contribution in [2.45, 2.75) is 25.2 Å². The number of hydrogen-bond acceptors (Lipinski definition) is 4. The number of benzene rings is 2. The molecular formula is C23H24N4O4. The van der Waals surface area contributed by atoms with Crippen LogP contribution in [0.15, 0.2) is 60.8 Å². The Balaban J connectivity index is 0.000000858. The molecule has 0 radical (unpaired) electrons. The van der Waals surface area contributed by atoms with Gasteiger partial charge in [0.2, 0.25) is 11.8 Å². The van der Waals surface area contributed by atoms with Crippen molar-refractivity contribution in [3.63, 3.8) is 0 Å². The fourth-order valence-corrected chi connectivity index (χ4v) is 3.66. The molecule has 160 valence electrons. The molecule has 3 N–H and O–H groups in total. The molecule has 2 heterocycles. The highest BCUT2D eigenvalue weighted by atomic mass is 16.3. The molecule has 1 aliphatic heterocycles. The predicted molar refractivity (Wildman–Crippen MR) is 117 cm³/mol. The van der Waals surface area contributed by atoms with Crippen LogP contribution in [0.4, 0.5) is 11.4 Å². The van der Waals surface area contributed by atoms with Gasteiger partial charge in [0.15, 0.2) is 0 Å². The number of rotatable bonds is 5. The van der Waals surface area contributed by atoms with E-state index in [0.29, 0.717) is 24.9 Å². The van der Waals surface area contributed by atoms with Crippen molar-refractivity contribution in [1.82, 2.24) is 9.78 Å². The Morgan fingerprint density at radius 1 is 1.26 bits per heavy atom. The quantitative estimate of drug-likeness (QED) is 0.549. The molecule has 1 unspecified atom stereocenters. The minimum Gasteiger partial charge on any atom is -0.483 e. The number of carbonyl (C=O) groups is 3. The highest BCUT2D eigenvalue weighted by molar-refractivity contribution is 5.97. The zero-order chi connectivity index (χ0) is 22.2. The van der Waals surface area contributed by atoms with Crippen molar-refractivity contribution >= 4 is 29.7 Å². The van der Waals surface area contributed by atoms with Gasteiger partial charge in [0.25, 0.3) is 6.47 Å². The number of amides is 2. The summed E-state index contributed by atoms with van der Waals surface area (Å²) in [6.45, 7) is -0.250. The van der Waals surface area contributed by atoms with Crippen LogP contribution in [-0.4, -0.2) is 33.2 Å². The van der Waals surface area contributed by atoms with E-state index in [4.69, 9.17) is 9.90 Å². The summed E-state index contributed by atoms with van der Waals surface area (Å²) in [7, 11) is 1.88. The van der Waals surface area contributed by atoms with E-state index in [1.807, 2.05) is 61.6 Å². The van der Waals surface area contributed by atoms with Crippen molar-refractivity contribution in [2.24, 2.45) is 7.05 Å². The van der Waals surface area contributed by atoms with Crippen LogP contribution in [0.2, 0.25) is 0 Å². The lowest BCUT2D eigenvalue weighted by Gasteiger charge is -2.26. The second-order valence-electron chi connectivity index (χ2n) is 7.13. The minimum atomic E-state index is -0.250. The maximum absolute atomic E-state index is 12.3. The number of nitrogens with one attached hydrogen (secondary N) is 2. The average molecular weight is 420 g/mol. The molecule has 2 aromatic carbocycles. The number of carboxylic acid groups (broad SMARTS) is 1. The molecule has 0 spiro atoms. The van der Waals surface area contributed by atoms with Gasteiger partial charge in [-0.3, -0.25) is 19.1 Å². The van der Waals surface area contributed by atoms with Crippen LogP contribution < -0.4 is 10.6 Å². The fraction of sp³-hybridized carbons (Fsp3) is 0.217. The molecule has 0 saturated carbocycles. The smallest absolute Gasteiger partial charge is 0.290 e. The summed E-state index contributed by atoms with van der Waals surface area (Å²) in [6.07, 6.45) is 3.22. The molecule has 0 fully saturated rings. The summed E-state index contributed by atoms with van der Waals surface area (Å²) in [4.78, 5) is 32.9. The molecular weight excluding hydrogens is 396 g/mol. The highest BCUT2D eigenvalue weighted by Crippen LogP contribution is 2.38. The van der Waals surface area contributed by atoms with Gasteiger partial charge in [-0.1, -0.05) is 36.4 Å². The zero-order valence-electron chi connectivity index (χ0n) is 17.1. The van der Waals surface area contributed by atoms with Gasteiger partial charge in [0.05, 0.1) is 0 Å². The lowest BCUT2D eigenvalue weighted by Crippen LogP contribution is -2.25. The summed E-state index contributed by atoms with van der Waals surface area (Å²) in [5, 5.41) is 17.0. The lowest BCUT2D eigenvalue weighted by atomic mass is 9.87. The first-order valence-corrected chi connectivity index (χ1v) is 9.85. The SMILES string of the molecule is Cn1nccc1C1CC(=O)Nc2cc(NC(=O)CCc3ccccc3)ccc21.O=CO. The van der Waals surface area contributed by atoms with E-state index in [2.05, 4.69) is 15.7 Å². The van der Waals surface area contributed by atoms with Crippen molar-refractivity contribution in [2.75, 3.05) is 10.6 Å². The van der Waals surface area contributed by atoms with Crippen LogP contribution in [0.1, 0.15) is 35.6 Å². The molecule has 0 aliphatic carbocycles. The van der Waals surface area contributed by atoms with Gasteiger partial charge >= 0.3 is 0 Å². The molecule has 8 nitrogen and oxygen atoms in total. The molecule has 0 bridgehead atoms. The van der Waals surface area contributed by atoms with Crippen LogP contribution in [0.3, 0.4) is 0 Å². The topological polar surface area (TPSA) is 113 Å². The molecule has 1 aliphatic rings. The van der Waals surface area contributed by atoms with Crippen LogP contribution in [0, 0.1) is 0 Å². The summed E-state index contributed by atoms with van der Waals surface area (Å²) in [5.74, 6) is -0.126. The first kappa shape index (κ1) is 21.8. The average Bonchev–Trinajstić information content (AvgIpc) is 3.18. The molecule has 31 heavy (non-hydrogen) atoms. The Hall–Kier alpha value is -3.94.